The van der Waals surface area contributed by atoms with Gasteiger partial charge in [-0.05, 0) is 29.8 Å². The maximum absolute atomic E-state index is 8.74. The van der Waals surface area contributed by atoms with E-state index in [1.54, 1.807) is 0 Å². The first-order valence-corrected chi connectivity index (χ1v) is 4.77. The Morgan fingerprint density at radius 1 is 1.21 bits per heavy atom. The second kappa shape index (κ2) is 5.45. The number of aliphatic hydroxyl groups excluding tert-OH is 1. The van der Waals surface area contributed by atoms with E-state index in [0.717, 1.165) is 6.42 Å². The Labute approximate surface area is 85.5 Å². The number of hydrogen-bond donors (Lipinski definition) is 1. The van der Waals surface area contributed by atoms with Crippen LogP contribution in [0.5, 0.6) is 0 Å². The van der Waals surface area contributed by atoms with Crippen LogP contribution in [0, 0.1) is 0 Å². The normalized spacial score (nSPS) is 10.8. The van der Waals surface area contributed by atoms with Gasteiger partial charge in [-0.15, -0.1) is 0 Å². The average Bonchev–Trinajstić information content (AvgIpc) is 2.17. The highest BCUT2D eigenvalue weighted by Gasteiger charge is 1.91. The van der Waals surface area contributed by atoms with Gasteiger partial charge in [-0.1, -0.05) is 24.3 Å². The minimum Gasteiger partial charge on any atom is -0.396 e. The lowest BCUT2D eigenvalue weighted by Crippen LogP contribution is -1.99. The van der Waals surface area contributed by atoms with E-state index in [9.17, 15) is 0 Å². The standard InChI is InChI=1S/C12H17NO/c1-13(2)9-7-11-3-5-12(6-4-11)8-10-14/h3-7,9,14H,8,10H2,1-2H3. The summed E-state index contributed by atoms with van der Waals surface area (Å²) >= 11 is 0. The molecule has 0 saturated heterocycles. The van der Waals surface area contributed by atoms with Gasteiger partial charge < -0.3 is 10.0 Å². The lowest BCUT2D eigenvalue weighted by atomic mass is 10.1. The van der Waals surface area contributed by atoms with Crippen LogP contribution in [0.25, 0.3) is 6.08 Å². The highest BCUT2D eigenvalue weighted by atomic mass is 16.2. The summed E-state index contributed by atoms with van der Waals surface area (Å²) in [6.07, 6.45) is 4.81. The average molecular weight is 191 g/mol. The van der Waals surface area contributed by atoms with Crippen molar-refractivity contribution >= 4 is 6.08 Å². The van der Waals surface area contributed by atoms with Crippen molar-refractivity contribution in [3.8, 4) is 0 Å². The van der Waals surface area contributed by atoms with E-state index in [2.05, 4.69) is 18.2 Å². The van der Waals surface area contributed by atoms with Crippen LogP contribution in [0.3, 0.4) is 0 Å². The molecule has 0 atom stereocenters. The molecular formula is C12H17NO. The zero-order valence-corrected chi connectivity index (χ0v) is 8.77. The van der Waals surface area contributed by atoms with Crippen LogP contribution in [-0.2, 0) is 6.42 Å². The van der Waals surface area contributed by atoms with Crippen LogP contribution >= 0.6 is 0 Å². The smallest absolute Gasteiger partial charge is 0.0471 e. The van der Waals surface area contributed by atoms with Crippen molar-refractivity contribution in [1.29, 1.82) is 0 Å². The molecule has 0 heterocycles. The van der Waals surface area contributed by atoms with Gasteiger partial charge in [-0.25, -0.2) is 0 Å². The van der Waals surface area contributed by atoms with Gasteiger partial charge in [0.05, 0.1) is 0 Å². The molecular weight excluding hydrogens is 174 g/mol. The fourth-order valence-electron chi connectivity index (χ4n) is 1.16. The van der Waals surface area contributed by atoms with Crippen LogP contribution in [-0.4, -0.2) is 30.7 Å². The van der Waals surface area contributed by atoms with Crippen LogP contribution in [0.4, 0.5) is 0 Å². The summed E-state index contributed by atoms with van der Waals surface area (Å²) < 4.78 is 0. The third-order valence-electron chi connectivity index (χ3n) is 1.95. The molecule has 0 saturated carbocycles. The van der Waals surface area contributed by atoms with Crippen LogP contribution in [0.15, 0.2) is 30.5 Å². The Bertz CT molecular complexity index is 288. The van der Waals surface area contributed by atoms with Gasteiger partial charge in [0, 0.05) is 20.7 Å². The predicted molar refractivity (Wildman–Crippen MR) is 60.0 cm³/mol. The van der Waals surface area contributed by atoms with Crippen molar-refractivity contribution in [2.45, 2.75) is 6.42 Å². The first kappa shape index (κ1) is 10.8. The Balaban J connectivity index is 2.64. The van der Waals surface area contributed by atoms with Gasteiger partial charge in [0.2, 0.25) is 0 Å². The summed E-state index contributed by atoms with van der Waals surface area (Å²) in [6.45, 7) is 0.215. The number of rotatable bonds is 4. The zero-order chi connectivity index (χ0) is 10.4. The lowest BCUT2D eigenvalue weighted by Gasteiger charge is -2.03. The minimum atomic E-state index is 0.215. The van der Waals surface area contributed by atoms with Crippen LogP contribution in [0.2, 0.25) is 0 Å². The molecule has 0 unspecified atom stereocenters. The first-order valence-electron chi connectivity index (χ1n) is 4.77. The number of benzene rings is 1. The van der Waals surface area contributed by atoms with Gasteiger partial charge in [0.1, 0.15) is 0 Å². The van der Waals surface area contributed by atoms with Crippen LogP contribution in [0.1, 0.15) is 11.1 Å². The van der Waals surface area contributed by atoms with E-state index in [0.29, 0.717) is 0 Å². The SMILES string of the molecule is CN(C)C=Cc1ccc(CCO)cc1. The molecule has 76 valence electrons. The minimum absolute atomic E-state index is 0.215. The molecule has 0 aromatic heterocycles. The van der Waals surface area contributed by atoms with Gasteiger partial charge in [-0.2, -0.15) is 0 Å². The lowest BCUT2D eigenvalue weighted by molar-refractivity contribution is 0.299. The maximum atomic E-state index is 8.74. The summed E-state index contributed by atoms with van der Waals surface area (Å²) in [5.74, 6) is 0. The molecule has 0 radical (unpaired) electrons. The first-order chi connectivity index (χ1) is 6.72. The number of aliphatic hydroxyl groups is 1. The van der Waals surface area contributed by atoms with Crippen molar-refractivity contribution in [3.05, 3.63) is 41.6 Å². The highest BCUT2D eigenvalue weighted by molar-refractivity contribution is 5.49. The Morgan fingerprint density at radius 3 is 2.36 bits per heavy atom. The number of nitrogens with zero attached hydrogens (tertiary/aromatic N) is 1. The molecule has 0 aliphatic rings. The molecule has 0 fully saturated rings. The molecule has 0 spiro atoms. The van der Waals surface area contributed by atoms with Crippen molar-refractivity contribution in [2.24, 2.45) is 0 Å². The van der Waals surface area contributed by atoms with Crippen molar-refractivity contribution in [2.75, 3.05) is 20.7 Å². The summed E-state index contributed by atoms with van der Waals surface area (Å²) in [6, 6.07) is 8.22. The topological polar surface area (TPSA) is 23.5 Å². The molecule has 1 rings (SSSR count). The van der Waals surface area contributed by atoms with E-state index in [1.807, 2.05) is 37.3 Å². The van der Waals surface area contributed by atoms with E-state index in [1.165, 1.54) is 11.1 Å². The fourth-order valence-corrected chi connectivity index (χ4v) is 1.16. The molecule has 1 aromatic carbocycles. The maximum Gasteiger partial charge on any atom is 0.0471 e. The second-order valence-electron chi connectivity index (χ2n) is 3.49. The summed E-state index contributed by atoms with van der Waals surface area (Å²) in [5.41, 5.74) is 2.36. The summed E-state index contributed by atoms with van der Waals surface area (Å²) in [7, 11) is 3.99. The Morgan fingerprint density at radius 2 is 1.86 bits per heavy atom. The second-order valence-corrected chi connectivity index (χ2v) is 3.49. The third-order valence-corrected chi connectivity index (χ3v) is 1.95. The Kier molecular flexibility index (Phi) is 4.20. The zero-order valence-electron chi connectivity index (χ0n) is 8.77. The quantitative estimate of drug-likeness (QED) is 0.783. The van der Waals surface area contributed by atoms with E-state index in [-0.39, 0.29) is 6.61 Å². The fraction of sp³-hybridized carbons (Fsp3) is 0.333. The predicted octanol–water partition coefficient (Wildman–Crippen LogP) is 1.75. The number of hydrogen-bond acceptors (Lipinski definition) is 2. The van der Waals surface area contributed by atoms with Crippen molar-refractivity contribution in [3.63, 3.8) is 0 Å². The van der Waals surface area contributed by atoms with Gasteiger partial charge in [0.15, 0.2) is 0 Å². The molecule has 2 nitrogen and oxygen atoms in total. The van der Waals surface area contributed by atoms with Crippen molar-refractivity contribution in [1.82, 2.24) is 4.90 Å². The monoisotopic (exact) mass is 191 g/mol. The molecule has 14 heavy (non-hydrogen) atoms. The molecule has 0 aliphatic carbocycles. The van der Waals surface area contributed by atoms with Crippen LogP contribution < -0.4 is 0 Å². The molecule has 0 bridgehead atoms. The third kappa shape index (κ3) is 3.62. The molecule has 2 heteroatoms. The molecule has 0 aliphatic heterocycles. The molecule has 0 amide bonds. The molecule has 1 aromatic rings. The summed E-state index contributed by atoms with van der Waals surface area (Å²) in [4.78, 5) is 2.00. The summed E-state index contributed by atoms with van der Waals surface area (Å²) in [5, 5.41) is 8.74. The van der Waals surface area contributed by atoms with E-state index in [4.69, 9.17) is 5.11 Å². The largest absolute Gasteiger partial charge is 0.396 e. The Hall–Kier alpha value is -1.28. The van der Waals surface area contributed by atoms with E-state index >= 15 is 0 Å². The van der Waals surface area contributed by atoms with Gasteiger partial charge in [-0.3, -0.25) is 0 Å². The van der Waals surface area contributed by atoms with Gasteiger partial charge in [0.25, 0.3) is 0 Å². The van der Waals surface area contributed by atoms with Crippen molar-refractivity contribution < 1.29 is 5.11 Å². The van der Waals surface area contributed by atoms with E-state index < -0.39 is 0 Å². The molecule has 1 N–H and O–H groups in total. The van der Waals surface area contributed by atoms with Gasteiger partial charge >= 0.3 is 0 Å². The highest BCUT2D eigenvalue weighted by Crippen LogP contribution is 2.06.